The van der Waals surface area contributed by atoms with Gasteiger partial charge in [0, 0.05) is 30.0 Å². The largest absolute Gasteiger partial charge is 0.494 e. The molecule has 1 aliphatic rings. The molecule has 0 radical (unpaired) electrons. The van der Waals surface area contributed by atoms with Gasteiger partial charge in [0.05, 0.1) is 18.7 Å². The van der Waals surface area contributed by atoms with Crippen LogP contribution in [0, 0.1) is 5.92 Å². The molecule has 6 nitrogen and oxygen atoms in total. The van der Waals surface area contributed by atoms with Gasteiger partial charge in [-0.1, -0.05) is 0 Å². The van der Waals surface area contributed by atoms with Crippen LogP contribution in [0.2, 0.25) is 0 Å². The molecule has 1 fully saturated rings. The summed E-state index contributed by atoms with van der Waals surface area (Å²) < 4.78 is 5.45. The minimum absolute atomic E-state index is 0.0523. The molecule has 26 heavy (non-hydrogen) atoms. The smallest absolute Gasteiger partial charge is 0.228 e. The van der Waals surface area contributed by atoms with Crippen LogP contribution in [0.5, 0.6) is 5.75 Å². The van der Waals surface area contributed by atoms with E-state index in [0.717, 1.165) is 22.0 Å². The summed E-state index contributed by atoms with van der Waals surface area (Å²) in [6, 6.07) is 7.80. The Labute approximate surface area is 157 Å². The molecule has 2 N–H and O–H groups in total. The number of nitrogens with two attached hydrogens (primary N) is 1. The molecule has 0 saturated carbocycles. The maximum atomic E-state index is 12.5. The highest BCUT2D eigenvalue weighted by molar-refractivity contribution is 7.13. The van der Waals surface area contributed by atoms with E-state index in [0.29, 0.717) is 32.5 Å². The van der Waals surface area contributed by atoms with E-state index >= 15 is 0 Å². The number of thiazole rings is 1. The Kier molecular flexibility index (Phi) is 5.88. The fourth-order valence-corrected chi connectivity index (χ4v) is 3.89. The second-order valence-electron chi connectivity index (χ2n) is 6.34. The Hall–Kier alpha value is -2.41. The summed E-state index contributed by atoms with van der Waals surface area (Å²) >= 11 is 1.53. The SMILES string of the molecule is CCOc1ccc(-c2nc(CC(=O)N3CCC(C(N)=O)CC3)cs2)cc1. The minimum atomic E-state index is -0.267. The summed E-state index contributed by atoms with van der Waals surface area (Å²) in [5, 5.41) is 2.82. The van der Waals surface area contributed by atoms with Gasteiger partial charge in [0.15, 0.2) is 0 Å². The van der Waals surface area contributed by atoms with Crippen LogP contribution in [-0.2, 0) is 16.0 Å². The van der Waals surface area contributed by atoms with Gasteiger partial charge in [-0.2, -0.15) is 0 Å². The van der Waals surface area contributed by atoms with Crippen molar-refractivity contribution in [3.8, 4) is 16.3 Å². The van der Waals surface area contributed by atoms with Gasteiger partial charge >= 0.3 is 0 Å². The van der Waals surface area contributed by atoms with Gasteiger partial charge in [-0.25, -0.2) is 4.98 Å². The van der Waals surface area contributed by atoms with Gasteiger partial charge < -0.3 is 15.4 Å². The molecule has 2 aromatic rings. The highest BCUT2D eigenvalue weighted by Crippen LogP contribution is 2.26. The van der Waals surface area contributed by atoms with Crippen molar-refractivity contribution in [2.45, 2.75) is 26.2 Å². The Morgan fingerprint density at radius 1 is 1.27 bits per heavy atom. The van der Waals surface area contributed by atoms with Crippen LogP contribution >= 0.6 is 11.3 Å². The number of hydrogen-bond donors (Lipinski definition) is 1. The van der Waals surface area contributed by atoms with Crippen LogP contribution in [0.4, 0.5) is 0 Å². The number of piperidine rings is 1. The van der Waals surface area contributed by atoms with E-state index in [9.17, 15) is 9.59 Å². The lowest BCUT2D eigenvalue weighted by atomic mass is 9.96. The van der Waals surface area contributed by atoms with Gasteiger partial charge in [-0.3, -0.25) is 9.59 Å². The summed E-state index contributed by atoms with van der Waals surface area (Å²) in [4.78, 5) is 30.1. The molecule has 2 heterocycles. The van der Waals surface area contributed by atoms with Crippen molar-refractivity contribution in [2.75, 3.05) is 19.7 Å². The molecule has 2 amide bonds. The van der Waals surface area contributed by atoms with E-state index in [4.69, 9.17) is 10.5 Å². The maximum Gasteiger partial charge on any atom is 0.228 e. The first kappa shape index (κ1) is 18.4. The number of ether oxygens (including phenoxy) is 1. The Morgan fingerprint density at radius 3 is 2.58 bits per heavy atom. The van der Waals surface area contributed by atoms with Crippen LogP contribution in [0.25, 0.3) is 10.6 Å². The van der Waals surface area contributed by atoms with Crippen LogP contribution in [0.15, 0.2) is 29.6 Å². The summed E-state index contributed by atoms with van der Waals surface area (Å²) in [6.45, 7) is 3.76. The van der Waals surface area contributed by atoms with E-state index in [1.807, 2.05) is 36.6 Å². The molecule has 0 spiro atoms. The first-order valence-corrected chi connectivity index (χ1v) is 9.69. The van der Waals surface area contributed by atoms with Crippen LogP contribution in [0.1, 0.15) is 25.5 Å². The van der Waals surface area contributed by atoms with E-state index in [-0.39, 0.29) is 24.2 Å². The van der Waals surface area contributed by atoms with Crippen LogP contribution < -0.4 is 10.5 Å². The lowest BCUT2D eigenvalue weighted by Crippen LogP contribution is -2.42. The molecule has 1 aromatic carbocycles. The number of amides is 2. The third-order valence-electron chi connectivity index (χ3n) is 4.55. The number of nitrogens with zero attached hydrogens (tertiary/aromatic N) is 2. The number of carbonyl (C=O) groups is 2. The Morgan fingerprint density at radius 2 is 1.96 bits per heavy atom. The molecular formula is C19H23N3O3S. The summed E-state index contributed by atoms with van der Waals surface area (Å²) in [7, 11) is 0. The number of primary amides is 1. The zero-order valence-electron chi connectivity index (χ0n) is 14.8. The molecule has 0 bridgehead atoms. The predicted octanol–water partition coefficient (Wildman–Crippen LogP) is 2.48. The van der Waals surface area contributed by atoms with Gasteiger partial charge in [-0.15, -0.1) is 11.3 Å². The topological polar surface area (TPSA) is 85.5 Å². The van der Waals surface area contributed by atoms with Crippen LogP contribution in [-0.4, -0.2) is 41.4 Å². The van der Waals surface area contributed by atoms with Crippen LogP contribution in [0.3, 0.4) is 0 Å². The molecule has 1 aromatic heterocycles. The fourth-order valence-electron chi connectivity index (χ4n) is 3.06. The number of likely N-dealkylation sites (tertiary alicyclic amines) is 1. The zero-order chi connectivity index (χ0) is 18.5. The van der Waals surface area contributed by atoms with E-state index in [1.54, 1.807) is 4.90 Å². The van der Waals surface area contributed by atoms with E-state index in [2.05, 4.69) is 4.98 Å². The Balaban J connectivity index is 1.58. The highest BCUT2D eigenvalue weighted by Gasteiger charge is 2.26. The third kappa shape index (κ3) is 4.40. The number of rotatable bonds is 6. The normalized spacial score (nSPS) is 15.0. The van der Waals surface area contributed by atoms with Gasteiger partial charge in [0.2, 0.25) is 11.8 Å². The van der Waals surface area contributed by atoms with Gasteiger partial charge in [-0.05, 0) is 44.0 Å². The summed E-state index contributed by atoms with van der Waals surface area (Å²) in [6.07, 6.45) is 1.58. The Bertz CT molecular complexity index is 765. The zero-order valence-corrected chi connectivity index (χ0v) is 15.6. The number of aromatic nitrogens is 1. The minimum Gasteiger partial charge on any atom is -0.494 e. The van der Waals surface area contributed by atoms with Crippen molar-refractivity contribution >= 4 is 23.2 Å². The lowest BCUT2D eigenvalue weighted by molar-refractivity contribution is -0.134. The average Bonchev–Trinajstić information content (AvgIpc) is 3.11. The number of carbonyl (C=O) groups excluding carboxylic acids is 2. The fraction of sp³-hybridized carbons (Fsp3) is 0.421. The first-order chi connectivity index (χ1) is 12.6. The van der Waals surface area contributed by atoms with Crippen molar-refractivity contribution in [1.29, 1.82) is 0 Å². The number of hydrogen-bond acceptors (Lipinski definition) is 5. The monoisotopic (exact) mass is 373 g/mol. The first-order valence-electron chi connectivity index (χ1n) is 8.81. The maximum absolute atomic E-state index is 12.5. The van der Waals surface area contributed by atoms with Crippen molar-refractivity contribution in [2.24, 2.45) is 11.7 Å². The second kappa shape index (κ2) is 8.31. The second-order valence-corrected chi connectivity index (χ2v) is 7.19. The summed E-state index contributed by atoms with van der Waals surface area (Å²) in [5.41, 5.74) is 7.13. The molecule has 1 aliphatic heterocycles. The van der Waals surface area contributed by atoms with Gasteiger partial charge in [0.25, 0.3) is 0 Å². The standard InChI is InChI=1S/C19H23N3O3S/c1-2-25-16-5-3-14(4-6-16)19-21-15(12-26-19)11-17(23)22-9-7-13(8-10-22)18(20)24/h3-6,12-13H,2,7-11H2,1H3,(H2,20,24). The lowest BCUT2D eigenvalue weighted by Gasteiger charge is -2.30. The van der Waals surface area contributed by atoms with E-state index in [1.165, 1.54) is 11.3 Å². The predicted molar refractivity (Wildman–Crippen MR) is 101 cm³/mol. The third-order valence-corrected chi connectivity index (χ3v) is 5.49. The van der Waals surface area contributed by atoms with E-state index < -0.39 is 0 Å². The molecule has 0 unspecified atom stereocenters. The number of benzene rings is 1. The highest BCUT2D eigenvalue weighted by atomic mass is 32.1. The molecule has 7 heteroatoms. The molecule has 3 rings (SSSR count). The van der Waals surface area contributed by atoms with Crippen molar-refractivity contribution in [3.05, 3.63) is 35.3 Å². The van der Waals surface area contributed by atoms with Crippen molar-refractivity contribution < 1.29 is 14.3 Å². The van der Waals surface area contributed by atoms with Gasteiger partial charge in [0.1, 0.15) is 10.8 Å². The molecule has 138 valence electrons. The molecule has 0 aliphatic carbocycles. The van der Waals surface area contributed by atoms with Crippen molar-refractivity contribution in [3.63, 3.8) is 0 Å². The molecule has 1 saturated heterocycles. The molecule has 0 atom stereocenters. The quantitative estimate of drug-likeness (QED) is 0.843. The average molecular weight is 373 g/mol. The van der Waals surface area contributed by atoms with Crippen molar-refractivity contribution in [1.82, 2.24) is 9.88 Å². The molecular weight excluding hydrogens is 350 g/mol. The summed E-state index contributed by atoms with van der Waals surface area (Å²) in [5.74, 6) is 0.514.